The molecule has 1 aliphatic carbocycles. The predicted octanol–water partition coefficient (Wildman–Crippen LogP) is 2.17. The van der Waals surface area contributed by atoms with Crippen LogP contribution in [0.2, 0.25) is 0 Å². The molecule has 1 amide bonds. The Kier molecular flexibility index (Phi) is 6.04. The van der Waals surface area contributed by atoms with Gasteiger partial charge >= 0.3 is 0 Å². The second-order valence-electron chi connectivity index (χ2n) is 7.37. The Morgan fingerprint density at radius 2 is 2.08 bits per heavy atom. The van der Waals surface area contributed by atoms with Gasteiger partial charge < -0.3 is 10.4 Å². The number of hydrogen-bond acceptors (Lipinski definition) is 4. The van der Waals surface area contributed by atoms with Crippen LogP contribution < -0.4 is 5.32 Å². The van der Waals surface area contributed by atoms with Crippen molar-refractivity contribution in [3.8, 4) is 0 Å². The van der Waals surface area contributed by atoms with Gasteiger partial charge in [-0.2, -0.15) is 5.10 Å². The van der Waals surface area contributed by atoms with E-state index in [1.165, 1.54) is 0 Å². The first-order valence-corrected chi connectivity index (χ1v) is 9.38. The summed E-state index contributed by atoms with van der Waals surface area (Å²) < 4.78 is 1.96. The molecule has 2 N–H and O–H groups in total. The Balaban J connectivity index is 1.50. The van der Waals surface area contributed by atoms with Crippen molar-refractivity contribution < 1.29 is 9.90 Å². The highest BCUT2D eigenvalue weighted by Gasteiger charge is 2.34. The van der Waals surface area contributed by atoms with E-state index in [0.717, 1.165) is 49.2 Å². The summed E-state index contributed by atoms with van der Waals surface area (Å²) in [5, 5.41) is 17.3. The van der Waals surface area contributed by atoms with Gasteiger partial charge in [0.05, 0.1) is 11.8 Å². The van der Waals surface area contributed by atoms with E-state index >= 15 is 0 Å². The van der Waals surface area contributed by atoms with Crippen LogP contribution in [0.25, 0.3) is 0 Å². The van der Waals surface area contributed by atoms with Crippen molar-refractivity contribution in [1.82, 2.24) is 20.1 Å². The molecule has 1 unspecified atom stereocenters. The van der Waals surface area contributed by atoms with Crippen molar-refractivity contribution in [2.24, 2.45) is 5.92 Å². The Labute approximate surface area is 154 Å². The zero-order valence-corrected chi connectivity index (χ0v) is 15.6. The molecule has 0 spiro atoms. The van der Waals surface area contributed by atoms with Gasteiger partial charge in [0.25, 0.3) is 0 Å². The largest absolute Gasteiger partial charge is 0.393 e. The fraction of sp³-hybridized carbons (Fsp3) is 0.550. The first kappa shape index (κ1) is 18.6. The van der Waals surface area contributed by atoms with Gasteiger partial charge in [-0.25, -0.2) is 0 Å². The van der Waals surface area contributed by atoms with E-state index in [1.54, 1.807) is 12.4 Å². The molecule has 0 bridgehead atoms. The van der Waals surface area contributed by atoms with Crippen molar-refractivity contribution in [1.29, 1.82) is 0 Å². The SMILES string of the molecule is Cc1cc(C)n(CCCC(=O)NC(Cc2ccncc2)C2CC(O)C2)n1. The molecular formula is C20H28N4O2. The number of amides is 1. The zero-order valence-electron chi connectivity index (χ0n) is 15.6. The van der Waals surface area contributed by atoms with E-state index in [0.29, 0.717) is 12.3 Å². The summed E-state index contributed by atoms with van der Waals surface area (Å²) in [7, 11) is 0. The Morgan fingerprint density at radius 3 is 2.69 bits per heavy atom. The van der Waals surface area contributed by atoms with E-state index in [4.69, 9.17) is 0 Å². The summed E-state index contributed by atoms with van der Waals surface area (Å²) in [6, 6.07) is 6.09. The number of carbonyl (C=O) groups excluding carboxylic acids is 1. The van der Waals surface area contributed by atoms with E-state index in [-0.39, 0.29) is 18.1 Å². The van der Waals surface area contributed by atoms with Gasteiger partial charge in [0, 0.05) is 37.1 Å². The van der Waals surface area contributed by atoms with Gasteiger partial charge in [0.1, 0.15) is 0 Å². The number of aliphatic hydroxyl groups is 1. The van der Waals surface area contributed by atoms with Gasteiger partial charge in [0.15, 0.2) is 0 Å². The van der Waals surface area contributed by atoms with Crippen molar-refractivity contribution in [2.75, 3.05) is 0 Å². The summed E-state index contributed by atoms with van der Waals surface area (Å²) in [5.41, 5.74) is 3.30. The molecule has 1 saturated carbocycles. The molecule has 6 nitrogen and oxygen atoms in total. The standard InChI is InChI=1S/C20H28N4O2/c1-14-10-15(2)24(23-14)9-3-4-20(26)22-19(17-12-18(25)13-17)11-16-5-7-21-8-6-16/h5-8,10,17-19,25H,3-4,9,11-13H2,1-2H3,(H,22,26). The molecule has 0 saturated heterocycles. The van der Waals surface area contributed by atoms with Crippen LogP contribution >= 0.6 is 0 Å². The minimum absolute atomic E-state index is 0.0713. The molecule has 1 aliphatic rings. The number of hydrogen-bond donors (Lipinski definition) is 2. The summed E-state index contributed by atoms with van der Waals surface area (Å²) in [4.78, 5) is 16.5. The number of nitrogens with zero attached hydrogens (tertiary/aromatic N) is 3. The van der Waals surface area contributed by atoms with E-state index < -0.39 is 0 Å². The van der Waals surface area contributed by atoms with Crippen LogP contribution in [0.15, 0.2) is 30.6 Å². The van der Waals surface area contributed by atoms with Gasteiger partial charge in [-0.1, -0.05) is 0 Å². The highest BCUT2D eigenvalue weighted by Crippen LogP contribution is 2.31. The van der Waals surface area contributed by atoms with Gasteiger partial charge in [-0.05, 0) is 69.2 Å². The molecule has 0 aliphatic heterocycles. The number of aliphatic hydroxyl groups excluding tert-OH is 1. The molecule has 0 aromatic carbocycles. The average molecular weight is 356 g/mol. The van der Waals surface area contributed by atoms with Crippen LogP contribution in [0.5, 0.6) is 0 Å². The highest BCUT2D eigenvalue weighted by atomic mass is 16.3. The molecular weight excluding hydrogens is 328 g/mol. The molecule has 1 fully saturated rings. The third-order valence-electron chi connectivity index (χ3n) is 5.15. The maximum atomic E-state index is 12.4. The van der Waals surface area contributed by atoms with Crippen LogP contribution in [-0.4, -0.2) is 37.9 Å². The van der Waals surface area contributed by atoms with Gasteiger partial charge in [-0.3, -0.25) is 14.5 Å². The lowest BCUT2D eigenvalue weighted by Gasteiger charge is -2.38. The minimum atomic E-state index is -0.220. The zero-order chi connectivity index (χ0) is 18.5. The Morgan fingerprint density at radius 1 is 1.35 bits per heavy atom. The average Bonchev–Trinajstić information content (AvgIpc) is 2.90. The minimum Gasteiger partial charge on any atom is -0.393 e. The number of aromatic nitrogens is 3. The predicted molar refractivity (Wildman–Crippen MR) is 99.5 cm³/mol. The third kappa shape index (κ3) is 4.91. The molecule has 3 rings (SSSR count). The molecule has 2 heterocycles. The molecule has 26 heavy (non-hydrogen) atoms. The molecule has 0 radical (unpaired) electrons. The first-order chi connectivity index (χ1) is 12.5. The summed E-state index contributed by atoms with van der Waals surface area (Å²) >= 11 is 0. The molecule has 2 aromatic heterocycles. The number of pyridine rings is 1. The van der Waals surface area contributed by atoms with Crippen LogP contribution in [0.3, 0.4) is 0 Å². The van der Waals surface area contributed by atoms with Gasteiger partial charge in [-0.15, -0.1) is 0 Å². The smallest absolute Gasteiger partial charge is 0.220 e. The van der Waals surface area contributed by atoms with Crippen LogP contribution in [0.1, 0.15) is 42.6 Å². The van der Waals surface area contributed by atoms with E-state index in [1.807, 2.05) is 36.7 Å². The first-order valence-electron chi connectivity index (χ1n) is 9.38. The lowest BCUT2D eigenvalue weighted by atomic mass is 9.75. The Hall–Kier alpha value is -2.21. The highest BCUT2D eigenvalue weighted by molar-refractivity contribution is 5.76. The summed E-state index contributed by atoms with van der Waals surface area (Å²) in [5.74, 6) is 0.421. The molecule has 2 aromatic rings. The fourth-order valence-corrected chi connectivity index (χ4v) is 3.64. The van der Waals surface area contributed by atoms with Crippen LogP contribution in [0.4, 0.5) is 0 Å². The maximum absolute atomic E-state index is 12.4. The quantitative estimate of drug-likeness (QED) is 0.760. The lowest BCUT2D eigenvalue weighted by molar-refractivity contribution is -0.123. The maximum Gasteiger partial charge on any atom is 0.220 e. The van der Waals surface area contributed by atoms with Crippen molar-refractivity contribution in [3.05, 3.63) is 47.5 Å². The normalized spacial score (nSPS) is 20.4. The lowest BCUT2D eigenvalue weighted by Crippen LogP contribution is -2.48. The van der Waals surface area contributed by atoms with Gasteiger partial charge in [0.2, 0.25) is 5.91 Å². The second-order valence-corrected chi connectivity index (χ2v) is 7.37. The van der Waals surface area contributed by atoms with E-state index in [2.05, 4.69) is 15.4 Å². The second kappa shape index (κ2) is 8.45. The monoisotopic (exact) mass is 356 g/mol. The topological polar surface area (TPSA) is 80.0 Å². The van der Waals surface area contributed by atoms with Crippen molar-refractivity contribution in [3.63, 3.8) is 0 Å². The number of rotatable bonds is 8. The summed E-state index contributed by atoms with van der Waals surface area (Å²) in [6.07, 6.45) is 6.90. The summed E-state index contributed by atoms with van der Waals surface area (Å²) in [6.45, 7) is 4.77. The van der Waals surface area contributed by atoms with Crippen LogP contribution in [0, 0.1) is 19.8 Å². The fourth-order valence-electron chi connectivity index (χ4n) is 3.64. The van der Waals surface area contributed by atoms with E-state index in [9.17, 15) is 9.90 Å². The number of aryl methyl sites for hydroxylation is 3. The van der Waals surface area contributed by atoms with Crippen molar-refractivity contribution >= 4 is 5.91 Å². The molecule has 6 heteroatoms. The molecule has 140 valence electrons. The molecule has 1 atom stereocenters. The van der Waals surface area contributed by atoms with Crippen LogP contribution in [-0.2, 0) is 17.8 Å². The Bertz CT molecular complexity index is 723. The van der Waals surface area contributed by atoms with Crippen molar-refractivity contribution in [2.45, 2.75) is 64.6 Å². The third-order valence-corrected chi connectivity index (χ3v) is 5.15. The number of nitrogens with one attached hydrogen (secondary N) is 1. The number of carbonyl (C=O) groups is 1.